The second-order valence-corrected chi connectivity index (χ2v) is 8.28. The van der Waals surface area contributed by atoms with Crippen molar-refractivity contribution in [1.29, 1.82) is 0 Å². The molecule has 1 aromatic carbocycles. The van der Waals surface area contributed by atoms with Crippen molar-refractivity contribution in [2.24, 2.45) is 5.41 Å². The Bertz CT molecular complexity index is 887. The van der Waals surface area contributed by atoms with Gasteiger partial charge in [0, 0.05) is 25.7 Å². The van der Waals surface area contributed by atoms with Crippen LogP contribution in [0.25, 0.3) is 11.0 Å². The summed E-state index contributed by atoms with van der Waals surface area (Å²) in [6.45, 7) is 8.42. The molecule has 0 N–H and O–H groups in total. The standard InChI is InChI=1S/C21H28N4O2/c1-15(2)24-11-6-9-21(20(24)27)10-12-23(14-21)19(26)13-25-16(3)22-17-7-4-5-8-18(17)25/h4-5,7-8,15H,6,9-14H2,1-3H3. The van der Waals surface area contributed by atoms with Crippen LogP contribution in [0.5, 0.6) is 0 Å². The Hall–Kier alpha value is -2.37. The molecule has 6 heteroatoms. The topological polar surface area (TPSA) is 58.4 Å². The lowest BCUT2D eigenvalue weighted by Crippen LogP contribution is -2.52. The summed E-state index contributed by atoms with van der Waals surface area (Å²) in [5.74, 6) is 1.16. The van der Waals surface area contributed by atoms with E-state index in [2.05, 4.69) is 18.8 Å². The first-order valence-corrected chi connectivity index (χ1v) is 9.92. The maximum atomic E-state index is 13.1. The number of rotatable bonds is 3. The van der Waals surface area contributed by atoms with Gasteiger partial charge in [-0.15, -0.1) is 0 Å². The fraction of sp³-hybridized carbons (Fsp3) is 0.571. The molecule has 2 aromatic rings. The number of piperidine rings is 1. The number of benzene rings is 1. The molecule has 144 valence electrons. The summed E-state index contributed by atoms with van der Waals surface area (Å²) in [5.41, 5.74) is 1.53. The van der Waals surface area contributed by atoms with Gasteiger partial charge in [-0.05, 0) is 52.2 Å². The van der Waals surface area contributed by atoms with Crippen LogP contribution in [0.15, 0.2) is 24.3 Å². The quantitative estimate of drug-likeness (QED) is 0.837. The molecule has 1 atom stereocenters. The molecule has 0 aliphatic carbocycles. The molecule has 0 bridgehead atoms. The maximum absolute atomic E-state index is 13.1. The highest BCUT2D eigenvalue weighted by Crippen LogP contribution is 2.40. The number of aryl methyl sites for hydroxylation is 1. The number of carbonyl (C=O) groups excluding carboxylic acids is 2. The van der Waals surface area contributed by atoms with Crippen LogP contribution in [-0.4, -0.2) is 56.8 Å². The number of hydrogen-bond acceptors (Lipinski definition) is 3. The highest BCUT2D eigenvalue weighted by molar-refractivity contribution is 5.87. The van der Waals surface area contributed by atoms with Crippen molar-refractivity contribution in [3.63, 3.8) is 0 Å². The highest BCUT2D eigenvalue weighted by Gasteiger charge is 2.49. The van der Waals surface area contributed by atoms with E-state index >= 15 is 0 Å². The van der Waals surface area contributed by atoms with Gasteiger partial charge in [0.05, 0.1) is 16.4 Å². The maximum Gasteiger partial charge on any atom is 0.242 e. The number of hydrogen-bond donors (Lipinski definition) is 0. The van der Waals surface area contributed by atoms with Crippen molar-refractivity contribution in [2.45, 2.75) is 52.6 Å². The van der Waals surface area contributed by atoms with Crippen LogP contribution in [0.1, 0.15) is 38.9 Å². The summed E-state index contributed by atoms with van der Waals surface area (Å²) >= 11 is 0. The average molecular weight is 368 g/mol. The van der Waals surface area contributed by atoms with Gasteiger partial charge >= 0.3 is 0 Å². The van der Waals surface area contributed by atoms with E-state index in [1.807, 2.05) is 45.6 Å². The molecule has 2 saturated heterocycles. The third-order valence-corrected chi connectivity index (χ3v) is 6.24. The molecule has 3 heterocycles. The van der Waals surface area contributed by atoms with E-state index in [-0.39, 0.29) is 29.8 Å². The molecule has 2 fully saturated rings. The summed E-state index contributed by atoms with van der Waals surface area (Å²) in [6.07, 6.45) is 2.70. The van der Waals surface area contributed by atoms with Gasteiger partial charge in [0.25, 0.3) is 0 Å². The summed E-state index contributed by atoms with van der Waals surface area (Å²) in [4.78, 5) is 34.5. The Balaban J connectivity index is 1.51. The first kappa shape index (κ1) is 18.0. The van der Waals surface area contributed by atoms with E-state index in [1.54, 1.807) is 0 Å². The minimum atomic E-state index is -0.371. The zero-order valence-electron chi connectivity index (χ0n) is 16.4. The van der Waals surface area contributed by atoms with Crippen LogP contribution in [0.2, 0.25) is 0 Å². The number of aromatic nitrogens is 2. The van der Waals surface area contributed by atoms with Gasteiger partial charge in [-0.3, -0.25) is 9.59 Å². The Labute approximate surface area is 160 Å². The van der Waals surface area contributed by atoms with E-state index in [0.717, 1.165) is 42.7 Å². The number of carbonyl (C=O) groups is 2. The lowest BCUT2D eigenvalue weighted by Gasteiger charge is -2.41. The van der Waals surface area contributed by atoms with Crippen LogP contribution >= 0.6 is 0 Å². The smallest absolute Gasteiger partial charge is 0.242 e. The lowest BCUT2D eigenvalue weighted by molar-refractivity contribution is -0.148. The molecule has 0 saturated carbocycles. The van der Waals surface area contributed by atoms with Crippen molar-refractivity contribution in [1.82, 2.24) is 19.4 Å². The van der Waals surface area contributed by atoms with Crippen molar-refractivity contribution in [3.05, 3.63) is 30.1 Å². The summed E-state index contributed by atoms with van der Waals surface area (Å²) < 4.78 is 1.98. The van der Waals surface area contributed by atoms with E-state index in [1.165, 1.54) is 0 Å². The highest BCUT2D eigenvalue weighted by atomic mass is 16.2. The summed E-state index contributed by atoms with van der Waals surface area (Å²) in [5, 5.41) is 0. The lowest BCUT2D eigenvalue weighted by atomic mass is 9.78. The summed E-state index contributed by atoms with van der Waals surface area (Å²) in [7, 11) is 0. The zero-order chi connectivity index (χ0) is 19.2. The Kier molecular flexibility index (Phi) is 4.44. The molecule has 1 unspecified atom stereocenters. The van der Waals surface area contributed by atoms with E-state index in [4.69, 9.17) is 0 Å². The number of para-hydroxylation sites is 2. The van der Waals surface area contributed by atoms with E-state index in [9.17, 15) is 9.59 Å². The molecule has 4 rings (SSSR count). The second kappa shape index (κ2) is 6.66. The minimum Gasteiger partial charge on any atom is -0.340 e. The van der Waals surface area contributed by atoms with Crippen LogP contribution < -0.4 is 0 Å². The molecule has 1 spiro atoms. The second-order valence-electron chi connectivity index (χ2n) is 8.28. The first-order valence-electron chi connectivity index (χ1n) is 9.92. The Morgan fingerprint density at radius 2 is 2.00 bits per heavy atom. The van der Waals surface area contributed by atoms with E-state index < -0.39 is 0 Å². The van der Waals surface area contributed by atoms with Crippen molar-refractivity contribution < 1.29 is 9.59 Å². The predicted octanol–water partition coefficient (Wildman–Crippen LogP) is 2.59. The number of fused-ring (bicyclic) bond motifs is 1. The molecule has 1 aromatic heterocycles. The van der Waals surface area contributed by atoms with Crippen molar-refractivity contribution in [2.75, 3.05) is 19.6 Å². The SMILES string of the molecule is Cc1nc2ccccc2n1CC(=O)N1CCC2(CCCN(C(C)C)C2=O)C1. The van der Waals surface area contributed by atoms with Gasteiger partial charge < -0.3 is 14.4 Å². The van der Waals surface area contributed by atoms with Crippen LogP contribution in [0, 0.1) is 12.3 Å². The normalized spacial score (nSPS) is 23.2. The third kappa shape index (κ3) is 3.01. The van der Waals surface area contributed by atoms with Crippen molar-refractivity contribution >= 4 is 22.8 Å². The zero-order valence-corrected chi connectivity index (χ0v) is 16.4. The number of likely N-dealkylation sites (tertiary alicyclic amines) is 2. The molecule has 2 aliphatic heterocycles. The van der Waals surface area contributed by atoms with Gasteiger partial charge in [0.15, 0.2) is 0 Å². The van der Waals surface area contributed by atoms with E-state index in [0.29, 0.717) is 13.1 Å². The molecular formula is C21H28N4O2. The molecular weight excluding hydrogens is 340 g/mol. The van der Waals surface area contributed by atoms with Gasteiger partial charge in [-0.25, -0.2) is 4.98 Å². The molecule has 2 amide bonds. The fourth-order valence-corrected chi connectivity index (χ4v) is 4.69. The number of amides is 2. The molecule has 27 heavy (non-hydrogen) atoms. The van der Waals surface area contributed by atoms with Crippen LogP contribution in [0.4, 0.5) is 0 Å². The fourth-order valence-electron chi connectivity index (χ4n) is 4.69. The first-order chi connectivity index (χ1) is 12.9. The van der Waals surface area contributed by atoms with Gasteiger partial charge in [-0.2, -0.15) is 0 Å². The number of nitrogens with zero attached hydrogens (tertiary/aromatic N) is 4. The molecule has 6 nitrogen and oxygen atoms in total. The summed E-state index contributed by atoms with van der Waals surface area (Å²) in [6, 6.07) is 8.12. The Morgan fingerprint density at radius 1 is 1.22 bits per heavy atom. The van der Waals surface area contributed by atoms with Crippen molar-refractivity contribution in [3.8, 4) is 0 Å². The van der Waals surface area contributed by atoms with Gasteiger partial charge in [-0.1, -0.05) is 12.1 Å². The van der Waals surface area contributed by atoms with Crippen LogP contribution in [0.3, 0.4) is 0 Å². The largest absolute Gasteiger partial charge is 0.340 e. The van der Waals surface area contributed by atoms with Crippen LogP contribution in [-0.2, 0) is 16.1 Å². The Morgan fingerprint density at radius 3 is 2.78 bits per heavy atom. The predicted molar refractivity (Wildman–Crippen MR) is 104 cm³/mol. The third-order valence-electron chi connectivity index (χ3n) is 6.24. The molecule has 0 radical (unpaired) electrons. The minimum absolute atomic E-state index is 0.0765. The monoisotopic (exact) mass is 368 g/mol. The van der Waals surface area contributed by atoms with Gasteiger partial charge in [0.1, 0.15) is 12.4 Å². The number of imidazole rings is 1. The molecule has 2 aliphatic rings. The average Bonchev–Trinajstić information content (AvgIpc) is 3.20. The van der Waals surface area contributed by atoms with Gasteiger partial charge in [0.2, 0.25) is 11.8 Å².